The smallest absolute Gasteiger partial charge is 0.216 e. The van der Waals surface area contributed by atoms with Crippen molar-refractivity contribution in [2.24, 2.45) is 5.73 Å². The normalized spacial score (nSPS) is 32.7. The highest BCUT2D eigenvalue weighted by Crippen LogP contribution is 2.31. The van der Waals surface area contributed by atoms with E-state index in [4.69, 9.17) is 5.73 Å². The fraction of sp³-hybridized carbons (Fsp3) is 1.00. The molecule has 0 spiro atoms. The third-order valence-electron chi connectivity index (χ3n) is 4.13. The van der Waals surface area contributed by atoms with E-state index in [1.165, 1.54) is 0 Å². The van der Waals surface area contributed by atoms with E-state index >= 15 is 0 Å². The zero-order valence-electron chi connectivity index (χ0n) is 9.93. The molecule has 2 aliphatic carbocycles. The van der Waals surface area contributed by atoms with Gasteiger partial charge in [-0.15, -0.1) is 0 Å². The molecule has 0 aliphatic heterocycles. The maximum Gasteiger partial charge on any atom is 0.216 e. The Balaban J connectivity index is 1.98. The van der Waals surface area contributed by atoms with Gasteiger partial charge in [0.1, 0.15) is 0 Å². The van der Waals surface area contributed by atoms with Crippen LogP contribution in [-0.2, 0) is 10.0 Å². The number of nitrogens with zero attached hydrogens (tertiary/aromatic N) is 1. The van der Waals surface area contributed by atoms with Gasteiger partial charge in [-0.1, -0.05) is 6.42 Å². The number of rotatable bonds is 3. The van der Waals surface area contributed by atoms with Crippen molar-refractivity contribution < 1.29 is 8.42 Å². The Hall–Kier alpha value is -0.130. The first-order valence-electron chi connectivity index (χ1n) is 6.24. The zero-order valence-corrected chi connectivity index (χ0v) is 10.7. The van der Waals surface area contributed by atoms with Gasteiger partial charge in [0.2, 0.25) is 10.0 Å². The Morgan fingerprint density at radius 2 is 1.62 bits per heavy atom. The van der Waals surface area contributed by atoms with Crippen LogP contribution >= 0.6 is 0 Å². The van der Waals surface area contributed by atoms with Crippen LogP contribution in [0.1, 0.15) is 44.9 Å². The number of hydrogen-bond donors (Lipinski definition) is 1. The molecular formula is C11H22N2O2S. The van der Waals surface area contributed by atoms with Gasteiger partial charge in [0.25, 0.3) is 0 Å². The Labute approximate surface area is 98.2 Å². The Kier molecular flexibility index (Phi) is 3.56. The first kappa shape index (κ1) is 12.3. The van der Waals surface area contributed by atoms with Crippen molar-refractivity contribution in [1.29, 1.82) is 0 Å². The van der Waals surface area contributed by atoms with E-state index in [0.29, 0.717) is 0 Å². The van der Waals surface area contributed by atoms with Gasteiger partial charge >= 0.3 is 0 Å². The van der Waals surface area contributed by atoms with E-state index in [2.05, 4.69) is 0 Å². The average molecular weight is 246 g/mol. The summed E-state index contributed by atoms with van der Waals surface area (Å²) in [7, 11) is -1.28. The minimum atomic E-state index is -3.03. The van der Waals surface area contributed by atoms with Crippen LogP contribution in [0.4, 0.5) is 0 Å². The van der Waals surface area contributed by atoms with Crippen molar-refractivity contribution in [2.75, 3.05) is 7.05 Å². The minimum Gasteiger partial charge on any atom is -0.328 e. The van der Waals surface area contributed by atoms with E-state index in [1.54, 1.807) is 11.4 Å². The second-order valence-electron chi connectivity index (χ2n) is 5.18. The summed E-state index contributed by atoms with van der Waals surface area (Å²) in [4.78, 5) is 0. The molecule has 5 heteroatoms. The Bertz CT molecular complexity index is 330. The lowest BCUT2D eigenvalue weighted by molar-refractivity contribution is 0.262. The highest BCUT2D eigenvalue weighted by Gasteiger charge is 2.38. The molecule has 2 N–H and O–H groups in total. The highest BCUT2D eigenvalue weighted by molar-refractivity contribution is 7.89. The highest BCUT2D eigenvalue weighted by atomic mass is 32.2. The Morgan fingerprint density at radius 3 is 2.06 bits per heavy atom. The van der Waals surface area contributed by atoms with E-state index < -0.39 is 10.0 Å². The van der Waals surface area contributed by atoms with Crippen LogP contribution < -0.4 is 5.73 Å². The van der Waals surface area contributed by atoms with Crippen molar-refractivity contribution in [3.63, 3.8) is 0 Å². The van der Waals surface area contributed by atoms with Crippen molar-refractivity contribution in [1.82, 2.24) is 4.31 Å². The van der Waals surface area contributed by atoms with Gasteiger partial charge in [-0.3, -0.25) is 0 Å². The molecule has 94 valence electrons. The van der Waals surface area contributed by atoms with Crippen LogP contribution in [0.25, 0.3) is 0 Å². The number of sulfonamides is 1. The summed E-state index contributed by atoms with van der Waals surface area (Å²) >= 11 is 0. The van der Waals surface area contributed by atoms with Crippen LogP contribution in [0.3, 0.4) is 0 Å². The summed E-state index contributed by atoms with van der Waals surface area (Å²) in [6.45, 7) is 0. The molecule has 0 saturated heterocycles. The molecule has 0 aromatic carbocycles. The van der Waals surface area contributed by atoms with E-state index in [-0.39, 0.29) is 17.3 Å². The fourth-order valence-electron chi connectivity index (χ4n) is 2.58. The Morgan fingerprint density at radius 1 is 1.06 bits per heavy atom. The van der Waals surface area contributed by atoms with Gasteiger partial charge in [0, 0.05) is 19.1 Å². The first-order chi connectivity index (χ1) is 7.51. The van der Waals surface area contributed by atoms with Crippen molar-refractivity contribution in [3.05, 3.63) is 0 Å². The van der Waals surface area contributed by atoms with Gasteiger partial charge in [0.15, 0.2) is 0 Å². The van der Waals surface area contributed by atoms with Crippen LogP contribution in [0, 0.1) is 0 Å². The summed E-state index contributed by atoms with van der Waals surface area (Å²) in [5.74, 6) is 0. The molecule has 2 fully saturated rings. The van der Waals surface area contributed by atoms with E-state index in [9.17, 15) is 8.42 Å². The fourth-order valence-corrected chi connectivity index (χ4v) is 4.60. The molecule has 0 aromatic rings. The van der Waals surface area contributed by atoms with Crippen LogP contribution in [0.2, 0.25) is 0 Å². The third-order valence-corrected chi connectivity index (χ3v) is 6.55. The van der Waals surface area contributed by atoms with Crippen molar-refractivity contribution >= 4 is 10.0 Å². The summed E-state index contributed by atoms with van der Waals surface area (Å²) in [5, 5.41) is -0.104. The number of hydrogen-bond acceptors (Lipinski definition) is 3. The SMILES string of the molecule is CN(C1CCC(N)CC1)S(=O)(=O)C1CCC1. The molecule has 2 rings (SSSR count). The summed E-state index contributed by atoms with van der Waals surface area (Å²) in [6, 6.07) is 0.460. The van der Waals surface area contributed by atoms with E-state index in [1.807, 2.05) is 0 Å². The predicted molar refractivity (Wildman–Crippen MR) is 64.6 cm³/mol. The maximum absolute atomic E-state index is 12.2. The standard InChI is InChI=1S/C11H22N2O2S/c1-13(10-7-5-9(12)6-8-10)16(14,15)11-3-2-4-11/h9-11H,2-8,12H2,1H3. The molecule has 0 heterocycles. The second kappa shape index (κ2) is 4.63. The average Bonchev–Trinajstić information content (AvgIpc) is 2.14. The largest absolute Gasteiger partial charge is 0.328 e. The summed E-state index contributed by atoms with van der Waals surface area (Å²) in [5.41, 5.74) is 5.84. The van der Waals surface area contributed by atoms with E-state index in [0.717, 1.165) is 44.9 Å². The van der Waals surface area contributed by atoms with Crippen molar-refractivity contribution in [2.45, 2.75) is 62.3 Å². The number of nitrogens with two attached hydrogens (primary N) is 1. The zero-order chi connectivity index (χ0) is 11.8. The van der Waals surface area contributed by atoms with Gasteiger partial charge in [-0.2, -0.15) is 0 Å². The molecule has 0 atom stereocenters. The topological polar surface area (TPSA) is 63.4 Å². The van der Waals surface area contributed by atoms with Gasteiger partial charge in [0.05, 0.1) is 5.25 Å². The molecule has 4 nitrogen and oxygen atoms in total. The molecule has 0 aromatic heterocycles. The molecule has 16 heavy (non-hydrogen) atoms. The second-order valence-corrected chi connectivity index (χ2v) is 7.46. The molecule has 2 aliphatic rings. The predicted octanol–water partition coefficient (Wildman–Crippen LogP) is 1.07. The van der Waals surface area contributed by atoms with Crippen LogP contribution in [0.15, 0.2) is 0 Å². The lowest BCUT2D eigenvalue weighted by Gasteiger charge is -2.37. The van der Waals surface area contributed by atoms with Gasteiger partial charge < -0.3 is 5.73 Å². The van der Waals surface area contributed by atoms with Gasteiger partial charge in [-0.25, -0.2) is 12.7 Å². The molecular weight excluding hydrogens is 224 g/mol. The molecule has 0 bridgehead atoms. The maximum atomic E-state index is 12.2. The molecule has 0 radical (unpaired) electrons. The monoisotopic (exact) mass is 246 g/mol. The van der Waals surface area contributed by atoms with Crippen LogP contribution in [0.5, 0.6) is 0 Å². The van der Waals surface area contributed by atoms with Crippen molar-refractivity contribution in [3.8, 4) is 0 Å². The van der Waals surface area contributed by atoms with Gasteiger partial charge in [-0.05, 0) is 38.5 Å². The van der Waals surface area contributed by atoms with Crippen LogP contribution in [-0.4, -0.2) is 37.1 Å². The molecule has 0 amide bonds. The lowest BCUT2D eigenvalue weighted by Crippen LogP contribution is -2.47. The third kappa shape index (κ3) is 2.26. The molecule has 0 unspecified atom stereocenters. The lowest BCUT2D eigenvalue weighted by atomic mass is 9.92. The minimum absolute atomic E-state index is 0.104. The summed E-state index contributed by atoms with van der Waals surface area (Å²) < 4.78 is 26.0. The first-order valence-corrected chi connectivity index (χ1v) is 7.74. The quantitative estimate of drug-likeness (QED) is 0.810. The molecule has 2 saturated carbocycles. The summed E-state index contributed by atoms with van der Waals surface area (Å²) in [6.07, 6.45) is 6.50.